The molecule has 1 aromatic rings. The zero-order valence-corrected chi connectivity index (χ0v) is 11.5. The van der Waals surface area contributed by atoms with E-state index < -0.39 is 12.0 Å². The van der Waals surface area contributed by atoms with Crippen LogP contribution in [0, 0.1) is 0 Å². The second-order valence-corrected chi connectivity index (χ2v) is 4.60. The summed E-state index contributed by atoms with van der Waals surface area (Å²) in [5.41, 5.74) is 1.36. The van der Waals surface area contributed by atoms with Gasteiger partial charge >= 0.3 is 5.97 Å². The maximum Gasteiger partial charge on any atom is 0.326 e. The predicted octanol–water partition coefficient (Wildman–Crippen LogP) is 1.74. The molecule has 0 heterocycles. The first-order chi connectivity index (χ1) is 8.95. The van der Waals surface area contributed by atoms with Crippen LogP contribution in [-0.4, -0.2) is 37.1 Å². The first-order valence-electron chi connectivity index (χ1n) is 6.26. The SMILES string of the molecule is CCC[C@H](NC(=O)c1cccc(N(C)C)c1)C(=O)O. The number of amides is 1. The smallest absolute Gasteiger partial charge is 0.326 e. The molecule has 1 rings (SSSR count). The maximum atomic E-state index is 12.0. The molecule has 0 aliphatic heterocycles. The molecule has 1 amide bonds. The van der Waals surface area contributed by atoms with Gasteiger partial charge in [0, 0.05) is 25.3 Å². The number of carbonyl (C=O) groups is 2. The summed E-state index contributed by atoms with van der Waals surface area (Å²) in [6.45, 7) is 1.88. The van der Waals surface area contributed by atoms with Crippen molar-refractivity contribution < 1.29 is 14.7 Å². The summed E-state index contributed by atoms with van der Waals surface area (Å²) in [5, 5.41) is 11.6. The van der Waals surface area contributed by atoms with Crippen LogP contribution in [0.3, 0.4) is 0 Å². The zero-order chi connectivity index (χ0) is 14.4. The third-order valence-corrected chi connectivity index (χ3v) is 2.81. The normalized spacial score (nSPS) is 11.7. The van der Waals surface area contributed by atoms with E-state index in [2.05, 4.69) is 5.32 Å². The first kappa shape index (κ1) is 15.0. The van der Waals surface area contributed by atoms with E-state index in [0.29, 0.717) is 18.4 Å². The fraction of sp³-hybridized carbons (Fsp3) is 0.429. The van der Waals surface area contributed by atoms with Gasteiger partial charge in [-0.2, -0.15) is 0 Å². The Morgan fingerprint density at radius 1 is 1.37 bits per heavy atom. The van der Waals surface area contributed by atoms with Gasteiger partial charge in [0.2, 0.25) is 0 Å². The number of nitrogens with one attached hydrogen (secondary N) is 1. The molecule has 0 fully saturated rings. The van der Waals surface area contributed by atoms with Crippen LogP contribution >= 0.6 is 0 Å². The Morgan fingerprint density at radius 3 is 2.58 bits per heavy atom. The average Bonchev–Trinajstić information content (AvgIpc) is 2.38. The number of carbonyl (C=O) groups excluding carboxylic acids is 1. The van der Waals surface area contributed by atoms with E-state index in [1.54, 1.807) is 18.2 Å². The molecular formula is C14H20N2O3. The first-order valence-corrected chi connectivity index (χ1v) is 6.26. The van der Waals surface area contributed by atoms with Gasteiger partial charge in [0.1, 0.15) is 6.04 Å². The van der Waals surface area contributed by atoms with Crippen LogP contribution in [0.25, 0.3) is 0 Å². The summed E-state index contributed by atoms with van der Waals surface area (Å²) in [5.74, 6) is -1.36. The highest BCUT2D eigenvalue weighted by Crippen LogP contribution is 2.13. The molecule has 19 heavy (non-hydrogen) atoms. The van der Waals surface area contributed by atoms with Crippen LogP contribution < -0.4 is 10.2 Å². The van der Waals surface area contributed by atoms with Crippen LogP contribution in [0.15, 0.2) is 24.3 Å². The highest BCUT2D eigenvalue weighted by Gasteiger charge is 2.19. The zero-order valence-electron chi connectivity index (χ0n) is 11.5. The van der Waals surface area contributed by atoms with Crippen LogP contribution in [0.1, 0.15) is 30.1 Å². The second kappa shape index (κ2) is 6.78. The highest BCUT2D eigenvalue weighted by atomic mass is 16.4. The molecule has 1 aromatic carbocycles. The lowest BCUT2D eigenvalue weighted by molar-refractivity contribution is -0.139. The third-order valence-electron chi connectivity index (χ3n) is 2.81. The van der Waals surface area contributed by atoms with Gasteiger partial charge in [-0.15, -0.1) is 0 Å². The van der Waals surface area contributed by atoms with Gasteiger partial charge in [0.25, 0.3) is 5.91 Å². The quantitative estimate of drug-likeness (QED) is 0.821. The molecule has 0 bridgehead atoms. The van der Waals surface area contributed by atoms with Crippen molar-refractivity contribution in [2.24, 2.45) is 0 Å². The molecule has 0 aromatic heterocycles. The number of anilines is 1. The Hall–Kier alpha value is -2.04. The maximum absolute atomic E-state index is 12.0. The number of aliphatic carboxylic acids is 1. The topological polar surface area (TPSA) is 69.6 Å². The van der Waals surface area contributed by atoms with E-state index in [9.17, 15) is 9.59 Å². The van der Waals surface area contributed by atoms with Gasteiger partial charge in [-0.05, 0) is 24.6 Å². The molecule has 1 atom stereocenters. The molecule has 0 saturated heterocycles. The Bertz CT molecular complexity index is 458. The van der Waals surface area contributed by atoms with Gasteiger partial charge in [-0.25, -0.2) is 4.79 Å². The van der Waals surface area contributed by atoms with Crippen molar-refractivity contribution in [1.82, 2.24) is 5.32 Å². The third kappa shape index (κ3) is 4.28. The molecule has 0 spiro atoms. The molecule has 0 aliphatic rings. The van der Waals surface area contributed by atoms with Crippen molar-refractivity contribution in [3.63, 3.8) is 0 Å². The summed E-state index contributed by atoms with van der Waals surface area (Å²) in [4.78, 5) is 24.9. The van der Waals surface area contributed by atoms with E-state index in [1.165, 1.54) is 0 Å². The van der Waals surface area contributed by atoms with Crippen LogP contribution in [0.2, 0.25) is 0 Å². The average molecular weight is 264 g/mol. The Balaban J connectivity index is 2.82. The lowest BCUT2D eigenvalue weighted by atomic mass is 10.1. The van der Waals surface area contributed by atoms with Crippen LogP contribution in [0.4, 0.5) is 5.69 Å². The van der Waals surface area contributed by atoms with E-state index in [-0.39, 0.29) is 5.91 Å². The monoisotopic (exact) mass is 264 g/mol. The molecule has 0 unspecified atom stereocenters. The minimum absolute atomic E-state index is 0.357. The number of carboxylic acid groups (broad SMARTS) is 1. The van der Waals surface area contributed by atoms with E-state index >= 15 is 0 Å². The molecule has 0 saturated carbocycles. The highest BCUT2D eigenvalue weighted by molar-refractivity contribution is 5.97. The molecule has 5 nitrogen and oxygen atoms in total. The molecule has 0 aliphatic carbocycles. The lowest BCUT2D eigenvalue weighted by Crippen LogP contribution is -2.40. The minimum atomic E-state index is -1.00. The molecular weight excluding hydrogens is 244 g/mol. The fourth-order valence-electron chi connectivity index (χ4n) is 1.71. The number of carboxylic acids is 1. The fourth-order valence-corrected chi connectivity index (χ4v) is 1.71. The summed E-state index contributed by atoms with van der Waals surface area (Å²) in [6.07, 6.45) is 1.13. The van der Waals surface area contributed by atoms with Gasteiger partial charge in [0.15, 0.2) is 0 Å². The van der Waals surface area contributed by atoms with E-state index in [4.69, 9.17) is 5.11 Å². The predicted molar refractivity (Wildman–Crippen MR) is 74.6 cm³/mol. The van der Waals surface area contributed by atoms with Crippen molar-refractivity contribution in [1.29, 1.82) is 0 Å². The Morgan fingerprint density at radius 2 is 2.05 bits per heavy atom. The molecule has 104 valence electrons. The van der Waals surface area contributed by atoms with Crippen molar-refractivity contribution in [3.8, 4) is 0 Å². The Labute approximate surface area is 113 Å². The van der Waals surface area contributed by atoms with Gasteiger partial charge in [-0.1, -0.05) is 19.4 Å². The van der Waals surface area contributed by atoms with Crippen molar-refractivity contribution in [3.05, 3.63) is 29.8 Å². The van der Waals surface area contributed by atoms with Crippen LogP contribution in [-0.2, 0) is 4.79 Å². The van der Waals surface area contributed by atoms with Gasteiger partial charge in [-0.3, -0.25) is 4.79 Å². The summed E-state index contributed by atoms with van der Waals surface area (Å²) in [6, 6.07) is 6.24. The minimum Gasteiger partial charge on any atom is -0.480 e. The molecule has 2 N–H and O–H groups in total. The number of rotatable bonds is 6. The largest absolute Gasteiger partial charge is 0.480 e. The van der Waals surface area contributed by atoms with Crippen molar-refractivity contribution in [2.75, 3.05) is 19.0 Å². The Kier molecular flexibility index (Phi) is 5.36. The second-order valence-electron chi connectivity index (χ2n) is 4.60. The number of nitrogens with zero attached hydrogens (tertiary/aromatic N) is 1. The van der Waals surface area contributed by atoms with Crippen molar-refractivity contribution >= 4 is 17.6 Å². The number of hydrogen-bond acceptors (Lipinski definition) is 3. The molecule has 5 heteroatoms. The lowest BCUT2D eigenvalue weighted by Gasteiger charge is -2.16. The van der Waals surface area contributed by atoms with E-state index in [1.807, 2.05) is 32.0 Å². The van der Waals surface area contributed by atoms with E-state index in [0.717, 1.165) is 5.69 Å². The summed E-state index contributed by atoms with van der Waals surface area (Å²) in [7, 11) is 3.77. The number of benzene rings is 1. The van der Waals surface area contributed by atoms with Crippen LogP contribution in [0.5, 0.6) is 0 Å². The summed E-state index contributed by atoms with van der Waals surface area (Å²) < 4.78 is 0. The van der Waals surface area contributed by atoms with Crippen molar-refractivity contribution in [2.45, 2.75) is 25.8 Å². The molecule has 0 radical (unpaired) electrons. The van der Waals surface area contributed by atoms with Gasteiger partial charge < -0.3 is 15.3 Å². The summed E-state index contributed by atoms with van der Waals surface area (Å²) >= 11 is 0. The van der Waals surface area contributed by atoms with Gasteiger partial charge in [0.05, 0.1) is 0 Å². The number of hydrogen-bond donors (Lipinski definition) is 2. The standard InChI is InChI=1S/C14H20N2O3/c1-4-6-12(14(18)19)15-13(17)10-7-5-8-11(9-10)16(2)3/h5,7-9,12H,4,6H2,1-3H3,(H,15,17)(H,18,19)/t12-/m0/s1.